The summed E-state index contributed by atoms with van der Waals surface area (Å²) in [7, 11) is 0. The van der Waals surface area contributed by atoms with E-state index in [1.165, 1.54) is 31.3 Å². The molecule has 1 N–H and O–H groups in total. The maximum Gasteiger partial charge on any atom is 0.0642 e. The second-order valence-electron chi connectivity index (χ2n) is 5.77. The van der Waals surface area contributed by atoms with Gasteiger partial charge in [-0.15, -0.1) is 0 Å². The molecule has 0 aromatic carbocycles. The van der Waals surface area contributed by atoms with Crippen LogP contribution in [-0.2, 0) is 0 Å². The first-order valence-corrected chi connectivity index (χ1v) is 6.59. The first-order chi connectivity index (χ1) is 7.63. The van der Waals surface area contributed by atoms with Crippen LogP contribution in [0.3, 0.4) is 0 Å². The summed E-state index contributed by atoms with van der Waals surface area (Å²) < 4.78 is 0. The van der Waals surface area contributed by atoms with Crippen LogP contribution in [0.15, 0.2) is 23.8 Å². The van der Waals surface area contributed by atoms with Crippen molar-refractivity contribution in [1.82, 2.24) is 0 Å². The van der Waals surface area contributed by atoms with Crippen LogP contribution < -0.4 is 0 Å². The zero-order valence-corrected chi connectivity index (χ0v) is 10.6. The highest BCUT2D eigenvalue weighted by Gasteiger charge is 2.38. The molecule has 0 aromatic rings. The average molecular weight is 220 g/mol. The van der Waals surface area contributed by atoms with Crippen LogP contribution in [0, 0.1) is 23.7 Å². The van der Waals surface area contributed by atoms with Gasteiger partial charge >= 0.3 is 0 Å². The Bertz CT molecular complexity index is 303. The standard InChI is InChI=1S/C15H24O/c1-10-4-6-13-11(2)5-7-14(12(3)9-16)15(13)8-10/h8,11,13-16H,3-7,9H2,1-2H3/t11-,13+,14+,15?/m1/s1. The monoisotopic (exact) mass is 220 g/mol. The summed E-state index contributed by atoms with van der Waals surface area (Å²) in [5, 5.41) is 9.29. The number of rotatable bonds is 2. The molecule has 1 heteroatoms. The highest BCUT2D eigenvalue weighted by Crippen LogP contribution is 2.47. The second kappa shape index (κ2) is 4.75. The number of hydrogen-bond donors (Lipinski definition) is 1. The van der Waals surface area contributed by atoms with Crippen molar-refractivity contribution in [2.75, 3.05) is 6.61 Å². The fraction of sp³-hybridized carbons (Fsp3) is 0.733. The average Bonchev–Trinajstić information content (AvgIpc) is 2.28. The number of hydrogen-bond acceptors (Lipinski definition) is 1. The van der Waals surface area contributed by atoms with E-state index in [-0.39, 0.29) is 6.61 Å². The van der Waals surface area contributed by atoms with Crippen molar-refractivity contribution in [3.8, 4) is 0 Å². The van der Waals surface area contributed by atoms with Gasteiger partial charge in [0.1, 0.15) is 0 Å². The zero-order chi connectivity index (χ0) is 11.7. The van der Waals surface area contributed by atoms with Crippen LogP contribution in [0.2, 0.25) is 0 Å². The largest absolute Gasteiger partial charge is 0.392 e. The minimum Gasteiger partial charge on any atom is -0.392 e. The molecule has 1 nitrogen and oxygen atoms in total. The van der Waals surface area contributed by atoms with Crippen molar-refractivity contribution in [2.45, 2.75) is 39.5 Å². The van der Waals surface area contributed by atoms with Crippen LogP contribution in [0.1, 0.15) is 39.5 Å². The highest BCUT2D eigenvalue weighted by atomic mass is 16.3. The van der Waals surface area contributed by atoms with E-state index in [1.807, 2.05) is 0 Å². The molecule has 0 heterocycles. The van der Waals surface area contributed by atoms with E-state index in [9.17, 15) is 5.11 Å². The van der Waals surface area contributed by atoms with E-state index in [2.05, 4.69) is 26.5 Å². The molecule has 0 saturated heterocycles. The molecule has 0 aromatic heterocycles. The number of aliphatic hydroxyl groups excluding tert-OH is 1. The van der Waals surface area contributed by atoms with E-state index in [0.29, 0.717) is 11.8 Å². The van der Waals surface area contributed by atoms with Crippen molar-refractivity contribution >= 4 is 0 Å². The Kier molecular flexibility index (Phi) is 3.53. The Hall–Kier alpha value is -0.560. The van der Waals surface area contributed by atoms with E-state index in [4.69, 9.17) is 0 Å². The summed E-state index contributed by atoms with van der Waals surface area (Å²) in [6.45, 7) is 8.86. The van der Waals surface area contributed by atoms with Gasteiger partial charge in [0.05, 0.1) is 6.61 Å². The molecule has 2 aliphatic carbocycles. The lowest BCUT2D eigenvalue weighted by Crippen LogP contribution is -2.35. The van der Waals surface area contributed by atoms with Crippen molar-refractivity contribution in [3.63, 3.8) is 0 Å². The molecule has 1 fully saturated rings. The Morgan fingerprint density at radius 1 is 1.44 bits per heavy atom. The Morgan fingerprint density at radius 2 is 2.19 bits per heavy atom. The van der Waals surface area contributed by atoms with E-state index in [1.54, 1.807) is 0 Å². The van der Waals surface area contributed by atoms with Crippen molar-refractivity contribution in [1.29, 1.82) is 0 Å². The van der Waals surface area contributed by atoms with Crippen LogP contribution in [-0.4, -0.2) is 11.7 Å². The van der Waals surface area contributed by atoms with Crippen molar-refractivity contribution in [3.05, 3.63) is 23.8 Å². The predicted octanol–water partition coefficient (Wildman–Crippen LogP) is 3.55. The van der Waals surface area contributed by atoms with Gasteiger partial charge in [0.2, 0.25) is 0 Å². The molecule has 0 radical (unpaired) electrons. The van der Waals surface area contributed by atoms with Crippen LogP contribution in [0.5, 0.6) is 0 Å². The Labute approximate surface area is 99.3 Å². The second-order valence-corrected chi connectivity index (χ2v) is 5.77. The molecular formula is C15H24O. The van der Waals surface area contributed by atoms with Gasteiger partial charge in [-0.1, -0.05) is 25.2 Å². The highest BCUT2D eigenvalue weighted by molar-refractivity contribution is 5.16. The van der Waals surface area contributed by atoms with Gasteiger partial charge in [-0.3, -0.25) is 0 Å². The molecule has 16 heavy (non-hydrogen) atoms. The third-order valence-corrected chi connectivity index (χ3v) is 4.70. The summed E-state index contributed by atoms with van der Waals surface area (Å²) in [5.74, 6) is 2.85. The molecule has 90 valence electrons. The van der Waals surface area contributed by atoms with Gasteiger partial charge in [0, 0.05) is 0 Å². The Morgan fingerprint density at radius 3 is 2.88 bits per heavy atom. The van der Waals surface area contributed by atoms with Crippen LogP contribution in [0.25, 0.3) is 0 Å². The third kappa shape index (κ3) is 2.10. The number of allylic oxidation sites excluding steroid dienone is 2. The lowest BCUT2D eigenvalue weighted by atomic mass is 9.61. The van der Waals surface area contributed by atoms with Crippen molar-refractivity contribution < 1.29 is 5.11 Å². The van der Waals surface area contributed by atoms with Crippen molar-refractivity contribution in [2.24, 2.45) is 23.7 Å². The maximum atomic E-state index is 9.29. The summed E-state index contributed by atoms with van der Waals surface area (Å²) in [6.07, 6.45) is 7.59. The fourth-order valence-corrected chi connectivity index (χ4v) is 3.64. The molecule has 0 bridgehead atoms. The van der Waals surface area contributed by atoms with Gasteiger partial charge in [0.15, 0.2) is 0 Å². The van der Waals surface area contributed by atoms with Crippen LogP contribution in [0.4, 0.5) is 0 Å². The lowest BCUT2D eigenvalue weighted by Gasteiger charge is -2.44. The molecule has 1 saturated carbocycles. The number of aliphatic hydroxyl groups is 1. The quantitative estimate of drug-likeness (QED) is 0.706. The van der Waals surface area contributed by atoms with E-state index >= 15 is 0 Å². The smallest absolute Gasteiger partial charge is 0.0642 e. The Balaban J connectivity index is 2.22. The van der Waals surface area contributed by atoms with Gasteiger partial charge in [-0.25, -0.2) is 0 Å². The number of fused-ring (bicyclic) bond motifs is 1. The molecule has 4 atom stereocenters. The molecule has 0 spiro atoms. The summed E-state index contributed by atoms with van der Waals surface area (Å²) in [6, 6.07) is 0. The zero-order valence-electron chi connectivity index (χ0n) is 10.6. The molecule has 0 aliphatic heterocycles. The summed E-state index contributed by atoms with van der Waals surface area (Å²) >= 11 is 0. The lowest BCUT2D eigenvalue weighted by molar-refractivity contribution is 0.127. The predicted molar refractivity (Wildman–Crippen MR) is 68.1 cm³/mol. The van der Waals surface area contributed by atoms with Crippen LogP contribution >= 0.6 is 0 Å². The van der Waals surface area contributed by atoms with Gasteiger partial charge in [0.25, 0.3) is 0 Å². The van der Waals surface area contributed by atoms with E-state index in [0.717, 1.165) is 17.4 Å². The first-order valence-electron chi connectivity index (χ1n) is 6.59. The van der Waals surface area contributed by atoms with Gasteiger partial charge < -0.3 is 5.11 Å². The van der Waals surface area contributed by atoms with Gasteiger partial charge in [-0.05, 0) is 61.9 Å². The third-order valence-electron chi connectivity index (χ3n) is 4.70. The molecule has 2 aliphatic rings. The molecular weight excluding hydrogens is 196 g/mol. The minimum absolute atomic E-state index is 0.162. The summed E-state index contributed by atoms with van der Waals surface area (Å²) in [5.41, 5.74) is 2.58. The normalized spacial score (nSPS) is 38.8. The van der Waals surface area contributed by atoms with E-state index < -0.39 is 0 Å². The fourth-order valence-electron chi connectivity index (χ4n) is 3.64. The summed E-state index contributed by atoms with van der Waals surface area (Å²) in [4.78, 5) is 0. The van der Waals surface area contributed by atoms with Gasteiger partial charge in [-0.2, -0.15) is 0 Å². The SMILES string of the molecule is C=C(CO)[C@@H]1CC[C@@H](C)[C@@H]2CCC(C)=CC21. The first kappa shape index (κ1) is 11.9. The molecule has 2 rings (SSSR count). The maximum absolute atomic E-state index is 9.29. The topological polar surface area (TPSA) is 20.2 Å². The minimum atomic E-state index is 0.162. The molecule has 1 unspecified atom stereocenters. The molecule has 0 amide bonds.